The van der Waals surface area contributed by atoms with E-state index in [0.29, 0.717) is 12.1 Å². The zero-order valence-electron chi connectivity index (χ0n) is 11.8. The highest BCUT2D eigenvalue weighted by molar-refractivity contribution is 7.98. The van der Waals surface area contributed by atoms with Crippen molar-refractivity contribution in [2.75, 3.05) is 22.6 Å². The summed E-state index contributed by atoms with van der Waals surface area (Å²) in [6.07, 6.45) is 3.33. The Balaban J connectivity index is 1.86. The summed E-state index contributed by atoms with van der Waals surface area (Å²) in [5.41, 5.74) is 10.5. The first kappa shape index (κ1) is 13.8. The van der Waals surface area contributed by atoms with Crippen LogP contribution in [0.5, 0.6) is 0 Å². The van der Waals surface area contributed by atoms with Crippen LogP contribution >= 0.6 is 11.8 Å². The maximum atomic E-state index is 11.4. The van der Waals surface area contributed by atoms with E-state index in [9.17, 15) is 4.79 Å². The van der Waals surface area contributed by atoms with Crippen LogP contribution in [0.25, 0.3) is 0 Å². The molecule has 1 heterocycles. The van der Waals surface area contributed by atoms with E-state index in [1.165, 1.54) is 4.90 Å². The number of rotatable bonds is 3. The largest absolute Gasteiger partial charge is 0.397 e. The second-order valence-electron chi connectivity index (χ2n) is 5.00. The molecular formula is C16H17N3OS. The number of hydrogen-bond donors (Lipinski definition) is 3. The average molecular weight is 299 g/mol. The first-order valence-corrected chi connectivity index (χ1v) is 8.01. The molecular weight excluding hydrogens is 282 g/mol. The van der Waals surface area contributed by atoms with Crippen LogP contribution in [0.3, 0.4) is 0 Å². The van der Waals surface area contributed by atoms with Crippen LogP contribution in [-0.2, 0) is 11.2 Å². The summed E-state index contributed by atoms with van der Waals surface area (Å²) in [7, 11) is 0. The molecule has 0 fully saturated rings. The third-order valence-electron chi connectivity index (χ3n) is 3.54. The molecule has 2 aromatic rings. The predicted octanol–water partition coefficient (Wildman–Crippen LogP) is 3.62. The molecule has 21 heavy (non-hydrogen) atoms. The number of nitrogens with one attached hydrogen (secondary N) is 2. The van der Waals surface area contributed by atoms with Crippen LogP contribution < -0.4 is 16.4 Å². The summed E-state index contributed by atoms with van der Waals surface area (Å²) in [6.45, 7) is 0. The van der Waals surface area contributed by atoms with Gasteiger partial charge in [-0.1, -0.05) is 0 Å². The highest BCUT2D eigenvalue weighted by Crippen LogP contribution is 2.33. The van der Waals surface area contributed by atoms with E-state index in [1.54, 1.807) is 11.8 Å². The van der Waals surface area contributed by atoms with Crippen LogP contribution in [0.1, 0.15) is 12.0 Å². The van der Waals surface area contributed by atoms with Gasteiger partial charge in [0.15, 0.2) is 0 Å². The maximum Gasteiger partial charge on any atom is 0.224 e. The second-order valence-corrected chi connectivity index (χ2v) is 5.88. The Bertz CT molecular complexity index is 683. The quantitative estimate of drug-likeness (QED) is 0.598. The number of amides is 1. The lowest BCUT2D eigenvalue weighted by molar-refractivity contribution is -0.116. The van der Waals surface area contributed by atoms with Crippen LogP contribution in [0.4, 0.5) is 22.7 Å². The Morgan fingerprint density at radius 3 is 2.67 bits per heavy atom. The van der Waals surface area contributed by atoms with Gasteiger partial charge in [0, 0.05) is 22.7 Å². The van der Waals surface area contributed by atoms with Gasteiger partial charge in [-0.15, -0.1) is 11.8 Å². The molecule has 0 radical (unpaired) electrons. The van der Waals surface area contributed by atoms with Gasteiger partial charge in [-0.05, 0) is 54.6 Å². The van der Waals surface area contributed by atoms with E-state index in [2.05, 4.69) is 29.0 Å². The van der Waals surface area contributed by atoms with Crippen molar-refractivity contribution < 1.29 is 4.79 Å². The Morgan fingerprint density at radius 2 is 1.95 bits per heavy atom. The third kappa shape index (κ3) is 2.97. The Morgan fingerprint density at radius 1 is 1.19 bits per heavy atom. The van der Waals surface area contributed by atoms with Crippen LogP contribution in [0.15, 0.2) is 41.3 Å². The van der Waals surface area contributed by atoms with Crippen LogP contribution in [-0.4, -0.2) is 12.2 Å². The summed E-state index contributed by atoms with van der Waals surface area (Å²) >= 11 is 1.71. The monoisotopic (exact) mass is 299 g/mol. The fourth-order valence-electron chi connectivity index (χ4n) is 2.38. The fraction of sp³-hybridized carbons (Fsp3) is 0.188. The number of nitrogen functional groups attached to an aromatic ring is 1. The van der Waals surface area contributed by atoms with Gasteiger partial charge in [0.1, 0.15) is 0 Å². The van der Waals surface area contributed by atoms with Crippen molar-refractivity contribution in [3.63, 3.8) is 0 Å². The standard InChI is InChI=1S/C16H17N3OS/c1-21-12-5-3-11(4-6-12)18-15-8-10-2-7-16(20)19-14(10)9-13(15)17/h3-6,8-9,18H,2,7,17H2,1H3,(H,19,20). The van der Waals surface area contributed by atoms with Gasteiger partial charge in [0.05, 0.1) is 11.4 Å². The SMILES string of the molecule is CSc1ccc(Nc2cc3c(cc2N)NC(=O)CC3)cc1. The molecule has 4 N–H and O–H groups in total. The lowest BCUT2D eigenvalue weighted by atomic mass is 10.0. The number of benzene rings is 2. The van der Waals surface area contributed by atoms with E-state index in [0.717, 1.165) is 29.0 Å². The minimum atomic E-state index is 0.0512. The summed E-state index contributed by atoms with van der Waals surface area (Å²) in [5, 5.41) is 6.20. The molecule has 0 aliphatic carbocycles. The molecule has 0 unspecified atom stereocenters. The molecule has 0 saturated carbocycles. The van der Waals surface area contributed by atoms with Gasteiger partial charge >= 0.3 is 0 Å². The van der Waals surface area contributed by atoms with E-state index < -0.39 is 0 Å². The molecule has 0 bridgehead atoms. The summed E-state index contributed by atoms with van der Waals surface area (Å²) < 4.78 is 0. The predicted molar refractivity (Wildman–Crippen MR) is 89.3 cm³/mol. The molecule has 0 spiro atoms. The normalized spacial score (nSPS) is 13.5. The smallest absolute Gasteiger partial charge is 0.224 e. The first-order valence-electron chi connectivity index (χ1n) is 6.79. The van der Waals surface area contributed by atoms with Crippen molar-refractivity contribution in [3.8, 4) is 0 Å². The van der Waals surface area contributed by atoms with Crippen molar-refractivity contribution in [2.24, 2.45) is 0 Å². The van der Waals surface area contributed by atoms with Crippen molar-refractivity contribution in [1.29, 1.82) is 0 Å². The van der Waals surface area contributed by atoms with E-state index in [4.69, 9.17) is 5.73 Å². The minimum absolute atomic E-state index is 0.0512. The number of carbonyl (C=O) groups is 1. The van der Waals surface area contributed by atoms with Gasteiger partial charge in [-0.25, -0.2) is 0 Å². The lowest BCUT2D eigenvalue weighted by Crippen LogP contribution is -2.19. The highest BCUT2D eigenvalue weighted by Gasteiger charge is 2.16. The topological polar surface area (TPSA) is 67.2 Å². The zero-order valence-corrected chi connectivity index (χ0v) is 12.6. The number of anilines is 4. The Kier molecular flexibility index (Phi) is 3.75. The minimum Gasteiger partial charge on any atom is -0.397 e. The molecule has 1 aliphatic rings. The Hall–Kier alpha value is -2.14. The molecule has 3 rings (SSSR count). The summed E-state index contributed by atoms with van der Waals surface area (Å²) in [4.78, 5) is 12.6. The van der Waals surface area contributed by atoms with Gasteiger partial charge < -0.3 is 16.4 Å². The van der Waals surface area contributed by atoms with E-state index >= 15 is 0 Å². The molecule has 108 valence electrons. The number of carbonyl (C=O) groups excluding carboxylic acids is 1. The molecule has 4 nitrogen and oxygen atoms in total. The van der Waals surface area contributed by atoms with E-state index in [-0.39, 0.29) is 5.91 Å². The molecule has 2 aromatic carbocycles. The van der Waals surface area contributed by atoms with Gasteiger partial charge in [0.2, 0.25) is 5.91 Å². The van der Waals surface area contributed by atoms with Crippen molar-refractivity contribution in [1.82, 2.24) is 0 Å². The third-order valence-corrected chi connectivity index (χ3v) is 4.28. The van der Waals surface area contributed by atoms with Crippen molar-refractivity contribution in [3.05, 3.63) is 42.0 Å². The number of thioether (sulfide) groups is 1. The number of hydrogen-bond acceptors (Lipinski definition) is 4. The number of fused-ring (bicyclic) bond motifs is 1. The van der Waals surface area contributed by atoms with Gasteiger partial charge in [-0.3, -0.25) is 4.79 Å². The van der Waals surface area contributed by atoms with Crippen LogP contribution in [0, 0.1) is 0 Å². The average Bonchev–Trinajstić information content (AvgIpc) is 2.49. The highest BCUT2D eigenvalue weighted by atomic mass is 32.2. The summed E-state index contributed by atoms with van der Waals surface area (Å²) in [5.74, 6) is 0.0512. The van der Waals surface area contributed by atoms with Crippen molar-refractivity contribution >= 4 is 40.4 Å². The molecule has 0 saturated heterocycles. The molecule has 0 aromatic heterocycles. The van der Waals surface area contributed by atoms with Crippen molar-refractivity contribution in [2.45, 2.75) is 17.7 Å². The second kappa shape index (κ2) is 5.69. The molecule has 1 aliphatic heterocycles. The maximum absolute atomic E-state index is 11.4. The Labute approximate surface area is 128 Å². The van der Waals surface area contributed by atoms with Gasteiger partial charge in [-0.2, -0.15) is 0 Å². The number of aryl methyl sites for hydroxylation is 1. The number of nitrogens with two attached hydrogens (primary N) is 1. The van der Waals surface area contributed by atoms with Gasteiger partial charge in [0.25, 0.3) is 0 Å². The fourth-order valence-corrected chi connectivity index (χ4v) is 2.79. The van der Waals surface area contributed by atoms with Crippen LogP contribution in [0.2, 0.25) is 0 Å². The lowest BCUT2D eigenvalue weighted by Gasteiger charge is -2.20. The molecule has 1 amide bonds. The first-order chi connectivity index (χ1) is 10.2. The summed E-state index contributed by atoms with van der Waals surface area (Å²) in [6, 6.07) is 12.1. The molecule has 5 heteroatoms. The van der Waals surface area contributed by atoms with E-state index in [1.807, 2.05) is 24.3 Å². The zero-order chi connectivity index (χ0) is 14.8. The molecule has 0 atom stereocenters.